The molecule has 1 amide bonds. The summed E-state index contributed by atoms with van der Waals surface area (Å²) in [7, 11) is -2.94. The maximum absolute atomic E-state index is 13.7. The van der Waals surface area contributed by atoms with E-state index in [9.17, 15) is 17.6 Å². The van der Waals surface area contributed by atoms with Crippen molar-refractivity contribution in [3.63, 3.8) is 0 Å². The highest BCUT2D eigenvalue weighted by molar-refractivity contribution is 7.89. The quantitative estimate of drug-likeness (QED) is 0.496. The standard InChI is InChI=1S/C21H27FN2O5S/c1-3-29-13-7-12-23-21(25)18(14-16-8-5-4-6-9-16)24-30(26,27)20-15-17(22)10-11-19(20)28-2/h4-6,8-11,15,18,24H,3,7,12-14H2,1-2H3,(H,23,25). The monoisotopic (exact) mass is 438 g/mol. The third-order valence-corrected chi connectivity index (χ3v) is 5.77. The van der Waals surface area contributed by atoms with Gasteiger partial charge in [0.1, 0.15) is 22.5 Å². The van der Waals surface area contributed by atoms with Gasteiger partial charge in [0.25, 0.3) is 0 Å². The Bertz CT molecular complexity index is 922. The molecule has 1 atom stereocenters. The van der Waals surface area contributed by atoms with Crippen LogP contribution in [0.4, 0.5) is 4.39 Å². The first kappa shape index (κ1) is 23.8. The number of carbonyl (C=O) groups excluding carboxylic acids is 1. The van der Waals surface area contributed by atoms with E-state index in [4.69, 9.17) is 9.47 Å². The van der Waals surface area contributed by atoms with E-state index < -0.39 is 27.8 Å². The topological polar surface area (TPSA) is 93.7 Å². The first-order valence-electron chi connectivity index (χ1n) is 9.62. The molecule has 0 spiro atoms. The summed E-state index contributed by atoms with van der Waals surface area (Å²) in [5.74, 6) is -1.22. The average molecular weight is 439 g/mol. The van der Waals surface area contributed by atoms with Crippen LogP contribution in [0.5, 0.6) is 5.75 Å². The summed E-state index contributed by atoms with van der Waals surface area (Å²) in [5.41, 5.74) is 0.779. The summed E-state index contributed by atoms with van der Waals surface area (Å²) in [6.45, 7) is 3.30. The van der Waals surface area contributed by atoms with Crippen LogP contribution in [0.1, 0.15) is 18.9 Å². The molecule has 0 saturated carbocycles. The van der Waals surface area contributed by atoms with E-state index in [1.54, 1.807) is 24.3 Å². The molecule has 164 valence electrons. The lowest BCUT2D eigenvalue weighted by Gasteiger charge is -2.19. The highest BCUT2D eigenvalue weighted by atomic mass is 32.2. The minimum absolute atomic E-state index is 0.0144. The van der Waals surface area contributed by atoms with E-state index >= 15 is 0 Å². The lowest BCUT2D eigenvalue weighted by molar-refractivity contribution is -0.122. The number of nitrogens with one attached hydrogen (secondary N) is 2. The van der Waals surface area contributed by atoms with Gasteiger partial charge in [0, 0.05) is 19.8 Å². The predicted octanol–water partition coefficient (Wildman–Crippen LogP) is 2.27. The third kappa shape index (κ3) is 7.08. The Morgan fingerprint density at radius 3 is 2.57 bits per heavy atom. The van der Waals surface area contributed by atoms with Crippen LogP contribution in [0.15, 0.2) is 53.4 Å². The van der Waals surface area contributed by atoms with Crippen molar-refractivity contribution in [1.82, 2.24) is 10.0 Å². The summed E-state index contributed by atoms with van der Waals surface area (Å²) in [4.78, 5) is 12.4. The van der Waals surface area contributed by atoms with E-state index in [0.29, 0.717) is 26.2 Å². The molecule has 9 heteroatoms. The van der Waals surface area contributed by atoms with E-state index in [2.05, 4.69) is 10.0 Å². The number of hydrogen-bond acceptors (Lipinski definition) is 5. The fourth-order valence-corrected chi connectivity index (χ4v) is 4.18. The van der Waals surface area contributed by atoms with Gasteiger partial charge in [0.05, 0.1) is 7.11 Å². The number of methoxy groups -OCH3 is 1. The van der Waals surface area contributed by atoms with Crippen molar-refractivity contribution in [3.8, 4) is 5.75 Å². The predicted molar refractivity (Wildman–Crippen MR) is 111 cm³/mol. The summed E-state index contributed by atoms with van der Waals surface area (Å²) in [6.07, 6.45) is 0.733. The molecule has 0 aliphatic carbocycles. The highest BCUT2D eigenvalue weighted by Gasteiger charge is 2.28. The van der Waals surface area contributed by atoms with Gasteiger partial charge >= 0.3 is 0 Å². The van der Waals surface area contributed by atoms with Crippen LogP contribution >= 0.6 is 0 Å². The molecule has 0 fully saturated rings. The Hall–Kier alpha value is -2.49. The lowest BCUT2D eigenvalue weighted by atomic mass is 10.1. The molecule has 30 heavy (non-hydrogen) atoms. The second-order valence-corrected chi connectivity index (χ2v) is 8.18. The molecule has 7 nitrogen and oxygen atoms in total. The second-order valence-electron chi connectivity index (χ2n) is 6.50. The van der Waals surface area contributed by atoms with Crippen LogP contribution in [0.2, 0.25) is 0 Å². The molecule has 1 unspecified atom stereocenters. The molecule has 0 bridgehead atoms. The highest BCUT2D eigenvalue weighted by Crippen LogP contribution is 2.24. The van der Waals surface area contributed by atoms with Crippen LogP contribution < -0.4 is 14.8 Å². The zero-order valence-electron chi connectivity index (χ0n) is 17.1. The summed E-state index contributed by atoms with van der Waals surface area (Å²) in [5, 5.41) is 2.72. The third-order valence-electron chi connectivity index (χ3n) is 4.28. The number of sulfonamides is 1. The van der Waals surface area contributed by atoms with Gasteiger partial charge in [-0.3, -0.25) is 4.79 Å². The number of halogens is 1. The molecule has 0 aliphatic heterocycles. The zero-order valence-corrected chi connectivity index (χ0v) is 17.9. The van der Waals surface area contributed by atoms with Gasteiger partial charge in [-0.2, -0.15) is 4.72 Å². The van der Waals surface area contributed by atoms with E-state index in [1.165, 1.54) is 13.2 Å². The van der Waals surface area contributed by atoms with Crippen LogP contribution in [-0.2, 0) is 26.0 Å². The fraction of sp³-hybridized carbons (Fsp3) is 0.381. The molecular formula is C21H27FN2O5S. The largest absolute Gasteiger partial charge is 0.495 e. The Kier molecular flexibility index (Phi) is 9.22. The van der Waals surface area contributed by atoms with Crippen molar-refractivity contribution >= 4 is 15.9 Å². The van der Waals surface area contributed by atoms with Crippen molar-refractivity contribution in [3.05, 3.63) is 59.9 Å². The van der Waals surface area contributed by atoms with Crippen molar-refractivity contribution in [1.29, 1.82) is 0 Å². The molecule has 2 aromatic carbocycles. The van der Waals surface area contributed by atoms with Gasteiger partial charge in [0.15, 0.2) is 0 Å². The zero-order chi connectivity index (χ0) is 22.0. The smallest absolute Gasteiger partial charge is 0.245 e. The van der Waals surface area contributed by atoms with Gasteiger partial charge in [-0.15, -0.1) is 0 Å². The summed E-state index contributed by atoms with van der Waals surface area (Å²) < 4.78 is 52.2. The van der Waals surface area contributed by atoms with Gasteiger partial charge in [-0.25, -0.2) is 12.8 Å². The van der Waals surface area contributed by atoms with Crippen molar-refractivity contribution in [2.24, 2.45) is 0 Å². The molecule has 0 aliphatic rings. The maximum atomic E-state index is 13.7. The number of hydrogen-bond donors (Lipinski definition) is 2. The molecule has 0 heterocycles. The van der Waals surface area contributed by atoms with Crippen LogP contribution in [0.25, 0.3) is 0 Å². The molecule has 0 aromatic heterocycles. The summed E-state index contributed by atoms with van der Waals surface area (Å²) in [6, 6.07) is 11.1. The first-order valence-corrected chi connectivity index (χ1v) is 11.1. The Morgan fingerprint density at radius 1 is 1.17 bits per heavy atom. The van der Waals surface area contributed by atoms with Crippen molar-refractivity contribution in [2.75, 3.05) is 26.9 Å². The number of benzene rings is 2. The minimum Gasteiger partial charge on any atom is -0.495 e. The number of amides is 1. The SMILES string of the molecule is CCOCCCNC(=O)C(Cc1ccccc1)NS(=O)(=O)c1cc(F)ccc1OC. The molecule has 2 rings (SSSR count). The van der Waals surface area contributed by atoms with E-state index in [1.807, 2.05) is 13.0 Å². The first-order chi connectivity index (χ1) is 14.4. The molecule has 0 radical (unpaired) electrons. The van der Waals surface area contributed by atoms with Crippen LogP contribution in [-0.4, -0.2) is 47.2 Å². The van der Waals surface area contributed by atoms with Gasteiger partial charge in [-0.05, 0) is 43.5 Å². The Labute approximate surface area is 176 Å². The number of rotatable bonds is 12. The van der Waals surface area contributed by atoms with Crippen LogP contribution in [0, 0.1) is 5.82 Å². The van der Waals surface area contributed by atoms with Gasteiger partial charge in [0.2, 0.25) is 15.9 Å². The second kappa shape index (κ2) is 11.6. The van der Waals surface area contributed by atoms with Crippen molar-refractivity contribution in [2.45, 2.75) is 30.7 Å². The Balaban J connectivity index is 2.21. The number of carbonyl (C=O) groups is 1. The summed E-state index contributed by atoms with van der Waals surface area (Å²) >= 11 is 0. The average Bonchev–Trinajstić information content (AvgIpc) is 2.73. The fourth-order valence-electron chi connectivity index (χ4n) is 2.80. The molecule has 2 aromatic rings. The minimum atomic E-state index is -4.23. The maximum Gasteiger partial charge on any atom is 0.245 e. The van der Waals surface area contributed by atoms with Gasteiger partial charge < -0.3 is 14.8 Å². The van der Waals surface area contributed by atoms with E-state index in [-0.39, 0.29) is 17.1 Å². The van der Waals surface area contributed by atoms with Crippen LogP contribution in [0.3, 0.4) is 0 Å². The lowest BCUT2D eigenvalue weighted by Crippen LogP contribution is -2.48. The van der Waals surface area contributed by atoms with Crippen molar-refractivity contribution < 1.29 is 27.1 Å². The van der Waals surface area contributed by atoms with E-state index in [0.717, 1.165) is 17.7 Å². The molecule has 2 N–H and O–H groups in total. The Morgan fingerprint density at radius 2 is 1.90 bits per heavy atom. The normalized spacial score (nSPS) is 12.4. The molecule has 0 saturated heterocycles. The molecular weight excluding hydrogens is 411 g/mol. The van der Waals surface area contributed by atoms with Gasteiger partial charge in [-0.1, -0.05) is 30.3 Å². The number of ether oxygens (including phenoxy) is 2.